The quantitative estimate of drug-likeness (QED) is 0.783. The van der Waals surface area contributed by atoms with Crippen molar-refractivity contribution in [3.63, 3.8) is 0 Å². The molecule has 4 heteroatoms. The van der Waals surface area contributed by atoms with Gasteiger partial charge in [0.15, 0.2) is 0 Å². The lowest BCUT2D eigenvalue weighted by Crippen LogP contribution is -2.00. The van der Waals surface area contributed by atoms with E-state index in [2.05, 4.69) is 29.7 Å². The van der Waals surface area contributed by atoms with Gasteiger partial charge >= 0.3 is 0 Å². The molecule has 0 saturated carbocycles. The van der Waals surface area contributed by atoms with Gasteiger partial charge in [0.1, 0.15) is 5.82 Å². The summed E-state index contributed by atoms with van der Waals surface area (Å²) in [5.74, 6) is 0.923. The number of rotatable bonds is 4. The number of halogens is 1. The lowest BCUT2D eigenvalue weighted by Gasteiger charge is -2.09. The summed E-state index contributed by atoms with van der Waals surface area (Å²) in [5, 5.41) is 0.726. The number of hydrogen-bond donors (Lipinski definition) is 1. The summed E-state index contributed by atoms with van der Waals surface area (Å²) in [6.45, 7) is 3.60. The van der Waals surface area contributed by atoms with E-state index in [1.807, 2.05) is 24.3 Å². The van der Waals surface area contributed by atoms with E-state index >= 15 is 0 Å². The molecule has 3 aromatic rings. The maximum atomic E-state index is 6.34. The highest BCUT2D eigenvalue weighted by Crippen LogP contribution is 2.30. The molecule has 0 radical (unpaired) electrons. The van der Waals surface area contributed by atoms with Crippen LogP contribution in [0.15, 0.2) is 42.5 Å². The standard InChI is InChI=1S/C17H18ClN3/c1-2-9-21-16-8-7-12(11-19)10-15(16)20-17(21)13-5-3-4-6-14(13)18/h3-8,10H,2,9,11,19H2,1H3. The van der Waals surface area contributed by atoms with Gasteiger partial charge in [-0.15, -0.1) is 0 Å². The van der Waals surface area contributed by atoms with Crippen LogP contribution in [0.25, 0.3) is 22.4 Å². The molecule has 0 spiro atoms. The van der Waals surface area contributed by atoms with Gasteiger partial charge in [-0.1, -0.05) is 36.7 Å². The molecule has 0 saturated heterocycles. The molecule has 0 bridgehead atoms. The van der Waals surface area contributed by atoms with Crippen molar-refractivity contribution in [2.24, 2.45) is 5.73 Å². The second-order valence-corrected chi connectivity index (χ2v) is 5.50. The van der Waals surface area contributed by atoms with Crippen molar-refractivity contribution in [1.29, 1.82) is 0 Å². The topological polar surface area (TPSA) is 43.8 Å². The summed E-state index contributed by atoms with van der Waals surface area (Å²) >= 11 is 6.34. The summed E-state index contributed by atoms with van der Waals surface area (Å²) in [7, 11) is 0. The van der Waals surface area contributed by atoms with Crippen LogP contribution in [0.5, 0.6) is 0 Å². The monoisotopic (exact) mass is 299 g/mol. The van der Waals surface area contributed by atoms with Crippen molar-refractivity contribution < 1.29 is 0 Å². The van der Waals surface area contributed by atoms with Gasteiger partial charge in [0.05, 0.1) is 16.1 Å². The molecule has 0 unspecified atom stereocenters. The minimum absolute atomic E-state index is 0.526. The molecule has 108 valence electrons. The Hall–Kier alpha value is -1.84. The highest BCUT2D eigenvalue weighted by molar-refractivity contribution is 6.33. The average Bonchev–Trinajstić information content (AvgIpc) is 2.86. The predicted molar refractivity (Wildman–Crippen MR) is 88.4 cm³/mol. The summed E-state index contributed by atoms with van der Waals surface area (Å²) in [6.07, 6.45) is 1.04. The molecule has 0 atom stereocenters. The van der Waals surface area contributed by atoms with E-state index in [-0.39, 0.29) is 0 Å². The van der Waals surface area contributed by atoms with E-state index in [0.29, 0.717) is 6.54 Å². The summed E-state index contributed by atoms with van der Waals surface area (Å²) in [5.41, 5.74) is 9.89. The molecule has 1 heterocycles. The molecule has 0 aliphatic heterocycles. The Balaban J connectivity index is 2.26. The largest absolute Gasteiger partial charge is 0.326 e. The zero-order valence-corrected chi connectivity index (χ0v) is 12.8. The van der Waals surface area contributed by atoms with Crippen LogP contribution >= 0.6 is 11.6 Å². The molecular formula is C17H18ClN3. The number of imidazole rings is 1. The fraction of sp³-hybridized carbons (Fsp3) is 0.235. The predicted octanol–water partition coefficient (Wildman–Crippen LogP) is 4.23. The fourth-order valence-electron chi connectivity index (χ4n) is 2.60. The molecule has 3 rings (SSSR count). The lowest BCUT2D eigenvalue weighted by molar-refractivity contribution is 0.704. The van der Waals surface area contributed by atoms with Crippen molar-refractivity contribution in [2.45, 2.75) is 26.4 Å². The number of benzene rings is 2. The van der Waals surface area contributed by atoms with Crippen LogP contribution in [0.3, 0.4) is 0 Å². The first kappa shape index (κ1) is 14.1. The van der Waals surface area contributed by atoms with Crippen LogP contribution in [0, 0.1) is 0 Å². The summed E-state index contributed by atoms with van der Waals surface area (Å²) in [4.78, 5) is 4.79. The molecular weight excluding hydrogens is 282 g/mol. The Morgan fingerprint density at radius 3 is 2.71 bits per heavy atom. The number of nitrogens with two attached hydrogens (primary N) is 1. The van der Waals surface area contributed by atoms with Gasteiger partial charge in [0.25, 0.3) is 0 Å². The highest BCUT2D eigenvalue weighted by Gasteiger charge is 2.14. The van der Waals surface area contributed by atoms with E-state index in [4.69, 9.17) is 22.3 Å². The Labute approximate surface area is 129 Å². The maximum absolute atomic E-state index is 6.34. The third-order valence-electron chi connectivity index (χ3n) is 3.61. The first-order valence-corrected chi connectivity index (χ1v) is 7.56. The number of fused-ring (bicyclic) bond motifs is 1. The Kier molecular flexibility index (Phi) is 3.95. The Morgan fingerprint density at radius 1 is 1.19 bits per heavy atom. The van der Waals surface area contributed by atoms with Crippen LogP contribution in [0.1, 0.15) is 18.9 Å². The minimum Gasteiger partial charge on any atom is -0.326 e. The van der Waals surface area contributed by atoms with E-state index in [0.717, 1.165) is 46.0 Å². The lowest BCUT2D eigenvalue weighted by atomic mass is 10.2. The molecule has 0 aliphatic carbocycles. The van der Waals surface area contributed by atoms with E-state index in [1.165, 1.54) is 0 Å². The maximum Gasteiger partial charge on any atom is 0.142 e. The van der Waals surface area contributed by atoms with Gasteiger partial charge in [0.2, 0.25) is 0 Å². The van der Waals surface area contributed by atoms with Crippen LogP contribution in [-0.4, -0.2) is 9.55 Å². The zero-order chi connectivity index (χ0) is 14.8. The molecule has 0 fully saturated rings. The van der Waals surface area contributed by atoms with Gasteiger partial charge in [-0.2, -0.15) is 0 Å². The number of hydrogen-bond acceptors (Lipinski definition) is 2. The second-order valence-electron chi connectivity index (χ2n) is 5.09. The average molecular weight is 300 g/mol. The van der Waals surface area contributed by atoms with Crippen molar-refractivity contribution in [2.75, 3.05) is 0 Å². The second kappa shape index (κ2) is 5.88. The number of nitrogens with zero attached hydrogens (tertiary/aromatic N) is 2. The van der Waals surface area contributed by atoms with Crippen LogP contribution < -0.4 is 5.73 Å². The van der Waals surface area contributed by atoms with Crippen molar-refractivity contribution >= 4 is 22.6 Å². The molecule has 2 N–H and O–H groups in total. The van der Waals surface area contributed by atoms with Gasteiger partial charge in [0, 0.05) is 18.7 Å². The third kappa shape index (κ3) is 2.55. The van der Waals surface area contributed by atoms with Gasteiger partial charge < -0.3 is 10.3 Å². The minimum atomic E-state index is 0.526. The van der Waals surface area contributed by atoms with Crippen LogP contribution in [0.4, 0.5) is 0 Å². The smallest absolute Gasteiger partial charge is 0.142 e. The molecule has 3 nitrogen and oxygen atoms in total. The molecule has 0 aliphatic rings. The molecule has 2 aromatic carbocycles. The van der Waals surface area contributed by atoms with Crippen molar-refractivity contribution in [3.8, 4) is 11.4 Å². The fourth-order valence-corrected chi connectivity index (χ4v) is 2.82. The van der Waals surface area contributed by atoms with Crippen molar-refractivity contribution in [3.05, 3.63) is 53.1 Å². The Bertz CT molecular complexity index is 777. The Morgan fingerprint density at radius 2 is 2.00 bits per heavy atom. The SMILES string of the molecule is CCCn1c(-c2ccccc2Cl)nc2cc(CN)ccc21. The summed E-state index contributed by atoms with van der Waals surface area (Å²) in [6, 6.07) is 14.1. The van der Waals surface area contributed by atoms with Crippen molar-refractivity contribution in [1.82, 2.24) is 9.55 Å². The first-order chi connectivity index (χ1) is 10.2. The van der Waals surface area contributed by atoms with Gasteiger partial charge in [-0.05, 0) is 36.2 Å². The van der Waals surface area contributed by atoms with Gasteiger partial charge in [-0.3, -0.25) is 0 Å². The molecule has 21 heavy (non-hydrogen) atoms. The van der Waals surface area contributed by atoms with Crippen LogP contribution in [0.2, 0.25) is 5.02 Å². The number of aryl methyl sites for hydroxylation is 1. The normalized spacial score (nSPS) is 11.2. The summed E-state index contributed by atoms with van der Waals surface area (Å²) < 4.78 is 2.23. The number of aromatic nitrogens is 2. The van der Waals surface area contributed by atoms with Crippen LogP contribution in [-0.2, 0) is 13.1 Å². The molecule has 0 amide bonds. The van der Waals surface area contributed by atoms with Gasteiger partial charge in [-0.25, -0.2) is 4.98 Å². The van der Waals surface area contributed by atoms with E-state index in [1.54, 1.807) is 0 Å². The molecule has 1 aromatic heterocycles. The third-order valence-corrected chi connectivity index (χ3v) is 3.94. The van der Waals surface area contributed by atoms with E-state index < -0.39 is 0 Å². The van der Waals surface area contributed by atoms with E-state index in [9.17, 15) is 0 Å². The zero-order valence-electron chi connectivity index (χ0n) is 12.0. The first-order valence-electron chi connectivity index (χ1n) is 7.18. The highest BCUT2D eigenvalue weighted by atomic mass is 35.5.